The molecule has 2 aliphatic heterocycles. The summed E-state index contributed by atoms with van der Waals surface area (Å²) in [7, 11) is 0. The van der Waals surface area contributed by atoms with Crippen LogP contribution in [0.4, 0.5) is 24.7 Å². The zero-order chi connectivity index (χ0) is 23.8. The Labute approximate surface area is 192 Å². The van der Waals surface area contributed by atoms with Crippen molar-refractivity contribution in [1.29, 1.82) is 0 Å². The second kappa shape index (κ2) is 8.89. The van der Waals surface area contributed by atoms with Gasteiger partial charge in [0.2, 0.25) is 5.88 Å². The standard InChI is InChI=1S/C25H30F3N3O2/c1-17-16-32-12-11-30(17)20-14-22(29-23(15-20)33-24(2,3)4)31-10-6-9-21(31)18-7-5-8-19(13-18)25(26,27)28/h5,7-8,13-15,21H,1,6,9-12,16H2,2-4H3. The highest BCUT2D eigenvalue weighted by Crippen LogP contribution is 2.40. The first-order valence-corrected chi connectivity index (χ1v) is 11.2. The monoisotopic (exact) mass is 461 g/mol. The van der Waals surface area contributed by atoms with Gasteiger partial charge in [-0.05, 0) is 51.3 Å². The van der Waals surface area contributed by atoms with Crippen molar-refractivity contribution in [3.05, 3.63) is 59.8 Å². The van der Waals surface area contributed by atoms with Gasteiger partial charge in [0.25, 0.3) is 0 Å². The molecule has 0 N–H and O–H groups in total. The minimum atomic E-state index is -4.37. The van der Waals surface area contributed by atoms with Crippen molar-refractivity contribution in [3.8, 4) is 5.88 Å². The minimum absolute atomic E-state index is 0.189. The Bertz CT molecular complexity index is 1020. The molecule has 0 bridgehead atoms. The number of nitrogens with zero attached hydrogens (tertiary/aromatic N) is 3. The first kappa shape index (κ1) is 23.4. The van der Waals surface area contributed by atoms with Crippen molar-refractivity contribution in [3.63, 3.8) is 0 Å². The highest BCUT2D eigenvalue weighted by atomic mass is 19.4. The Kier molecular flexibility index (Phi) is 6.31. The summed E-state index contributed by atoms with van der Waals surface area (Å²) >= 11 is 0. The highest BCUT2D eigenvalue weighted by Gasteiger charge is 2.33. The number of benzene rings is 1. The van der Waals surface area contributed by atoms with Crippen LogP contribution < -0.4 is 14.5 Å². The van der Waals surface area contributed by atoms with E-state index in [1.54, 1.807) is 6.07 Å². The van der Waals surface area contributed by atoms with Crippen LogP contribution in [-0.4, -0.2) is 36.9 Å². The zero-order valence-electron chi connectivity index (χ0n) is 19.3. The van der Waals surface area contributed by atoms with Gasteiger partial charge in [-0.15, -0.1) is 0 Å². The molecule has 2 fully saturated rings. The minimum Gasteiger partial charge on any atom is -0.472 e. The van der Waals surface area contributed by atoms with Crippen LogP contribution in [0.3, 0.4) is 0 Å². The van der Waals surface area contributed by atoms with E-state index in [9.17, 15) is 13.2 Å². The smallest absolute Gasteiger partial charge is 0.416 e. The summed E-state index contributed by atoms with van der Waals surface area (Å²) in [6.07, 6.45) is -2.75. The molecule has 2 aliphatic rings. The summed E-state index contributed by atoms with van der Waals surface area (Å²) in [5.41, 5.74) is 1.30. The predicted molar refractivity (Wildman–Crippen MR) is 123 cm³/mol. The fraction of sp³-hybridized carbons (Fsp3) is 0.480. The average Bonchev–Trinajstić information content (AvgIpc) is 3.22. The largest absolute Gasteiger partial charge is 0.472 e. The molecule has 0 spiro atoms. The maximum atomic E-state index is 13.3. The number of halogens is 3. The van der Waals surface area contributed by atoms with Crippen LogP contribution in [0.25, 0.3) is 0 Å². The number of alkyl halides is 3. The van der Waals surface area contributed by atoms with Crippen LogP contribution in [0, 0.1) is 0 Å². The van der Waals surface area contributed by atoms with E-state index in [1.165, 1.54) is 12.1 Å². The molecule has 3 heterocycles. The molecule has 1 unspecified atom stereocenters. The second-order valence-electron chi connectivity index (χ2n) is 9.48. The number of pyridine rings is 1. The van der Waals surface area contributed by atoms with Gasteiger partial charge in [0.05, 0.1) is 30.5 Å². The average molecular weight is 462 g/mol. The van der Waals surface area contributed by atoms with Crippen molar-refractivity contribution in [2.24, 2.45) is 0 Å². The fourth-order valence-electron chi connectivity index (χ4n) is 4.35. The first-order valence-electron chi connectivity index (χ1n) is 11.2. The molecule has 8 heteroatoms. The van der Waals surface area contributed by atoms with Gasteiger partial charge < -0.3 is 19.3 Å². The summed E-state index contributed by atoms with van der Waals surface area (Å²) in [4.78, 5) is 8.93. The molecule has 2 saturated heterocycles. The molecule has 0 aliphatic carbocycles. The van der Waals surface area contributed by atoms with Crippen LogP contribution in [0.2, 0.25) is 0 Å². The zero-order valence-corrected chi connectivity index (χ0v) is 19.3. The third kappa shape index (κ3) is 5.43. The lowest BCUT2D eigenvalue weighted by atomic mass is 10.0. The quantitative estimate of drug-likeness (QED) is 0.561. The first-order chi connectivity index (χ1) is 15.5. The van der Waals surface area contributed by atoms with Crippen molar-refractivity contribution in [2.75, 3.05) is 36.1 Å². The van der Waals surface area contributed by atoms with E-state index in [1.807, 2.05) is 32.9 Å². The van der Waals surface area contributed by atoms with Crippen molar-refractivity contribution >= 4 is 11.5 Å². The summed E-state index contributed by atoms with van der Waals surface area (Å²) in [6, 6.07) is 9.27. The van der Waals surface area contributed by atoms with E-state index in [0.29, 0.717) is 43.6 Å². The van der Waals surface area contributed by atoms with Crippen molar-refractivity contribution < 1.29 is 22.6 Å². The fourth-order valence-corrected chi connectivity index (χ4v) is 4.35. The van der Waals surface area contributed by atoms with E-state index >= 15 is 0 Å². The molecule has 0 amide bonds. The number of hydrogen-bond donors (Lipinski definition) is 0. The van der Waals surface area contributed by atoms with Gasteiger partial charge in [0, 0.05) is 30.9 Å². The van der Waals surface area contributed by atoms with E-state index < -0.39 is 17.3 Å². The van der Waals surface area contributed by atoms with Gasteiger partial charge in [0.1, 0.15) is 11.4 Å². The lowest BCUT2D eigenvalue weighted by molar-refractivity contribution is -0.137. The van der Waals surface area contributed by atoms with Gasteiger partial charge in [-0.25, -0.2) is 0 Å². The van der Waals surface area contributed by atoms with Crippen LogP contribution in [0.15, 0.2) is 48.7 Å². The Hall–Kier alpha value is -2.74. The molecule has 0 radical (unpaired) electrons. The van der Waals surface area contributed by atoms with E-state index in [0.717, 1.165) is 30.3 Å². The molecule has 1 aromatic heterocycles. The predicted octanol–water partition coefficient (Wildman–Crippen LogP) is 5.97. The lowest BCUT2D eigenvalue weighted by Crippen LogP contribution is -2.34. The van der Waals surface area contributed by atoms with Gasteiger partial charge in [0.15, 0.2) is 0 Å². The number of morpholine rings is 1. The number of ether oxygens (including phenoxy) is 2. The summed E-state index contributed by atoms with van der Waals surface area (Å²) in [6.45, 7) is 12.4. The molecular formula is C25H30F3N3O2. The Morgan fingerprint density at radius 3 is 2.61 bits per heavy atom. The van der Waals surface area contributed by atoms with Gasteiger partial charge in [-0.1, -0.05) is 18.7 Å². The van der Waals surface area contributed by atoms with Crippen LogP contribution in [-0.2, 0) is 10.9 Å². The molecular weight excluding hydrogens is 431 g/mol. The topological polar surface area (TPSA) is 37.8 Å². The Morgan fingerprint density at radius 2 is 1.91 bits per heavy atom. The third-order valence-corrected chi connectivity index (χ3v) is 5.75. The maximum Gasteiger partial charge on any atom is 0.416 e. The number of rotatable bonds is 4. The van der Waals surface area contributed by atoms with E-state index in [-0.39, 0.29) is 6.04 Å². The van der Waals surface area contributed by atoms with Crippen LogP contribution in [0.5, 0.6) is 5.88 Å². The maximum absolute atomic E-state index is 13.3. The van der Waals surface area contributed by atoms with Crippen molar-refractivity contribution in [2.45, 2.75) is 51.4 Å². The third-order valence-electron chi connectivity index (χ3n) is 5.75. The molecule has 178 valence electrons. The van der Waals surface area contributed by atoms with E-state index in [2.05, 4.69) is 16.4 Å². The van der Waals surface area contributed by atoms with Crippen LogP contribution in [0.1, 0.15) is 50.8 Å². The molecule has 33 heavy (non-hydrogen) atoms. The molecule has 1 aromatic carbocycles. The SMILES string of the molecule is C=C1COCCN1c1cc(OC(C)(C)C)nc(N2CCCC2c2cccc(C(F)(F)F)c2)c1. The van der Waals surface area contributed by atoms with Crippen molar-refractivity contribution in [1.82, 2.24) is 4.98 Å². The van der Waals surface area contributed by atoms with Gasteiger partial charge in [-0.2, -0.15) is 18.2 Å². The molecule has 2 aromatic rings. The van der Waals surface area contributed by atoms with Gasteiger partial charge >= 0.3 is 6.18 Å². The normalized spacial score (nSPS) is 19.8. The number of aromatic nitrogens is 1. The summed E-state index contributed by atoms with van der Waals surface area (Å²) in [5.74, 6) is 1.16. The number of anilines is 2. The molecule has 4 rings (SSSR count). The molecule has 5 nitrogen and oxygen atoms in total. The van der Waals surface area contributed by atoms with E-state index in [4.69, 9.17) is 14.5 Å². The van der Waals surface area contributed by atoms with Crippen LogP contribution >= 0.6 is 0 Å². The molecule has 0 saturated carbocycles. The molecule has 1 atom stereocenters. The van der Waals surface area contributed by atoms with Gasteiger partial charge in [-0.3, -0.25) is 0 Å². The Balaban J connectivity index is 1.72. The second-order valence-corrected chi connectivity index (χ2v) is 9.48. The lowest BCUT2D eigenvalue weighted by Gasteiger charge is -2.33. The highest BCUT2D eigenvalue weighted by molar-refractivity contribution is 5.62. The summed E-state index contributed by atoms with van der Waals surface area (Å²) in [5, 5.41) is 0. The number of hydrogen-bond acceptors (Lipinski definition) is 5. The Morgan fingerprint density at radius 1 is 1.12 bits per heavy atom. The summed E-state index contributed by atoms with van der Waals surface area (Å²) < 4.78 is 51.5.